The number of aromatic nitrogens is 21. The Morgan fingerprint density at radius 3 is 0.988 bits per heavy atom. The minimum Gasteiger partial charge on any atom is -0.265 e. The number of hydrogen-bond donors (Lipinski definition) is 3. The van der Waals surface area contributed by atoms with Crippen LogP contribution in [0.1, 0.15) is 175 Å². The topological polar surface area (TPSA) is 263 Å². The SMILES string of the molecule is CC.CC.CC.CC.CC.CC.CC.CC.CC.Cc1ccccn1.Cc1cccnc1.Cc1cccnn1.Cc1ccncc1.Cc1cn[nH]n1.Cc1cn[nH]n1.Cc1cn[nH]n1.Cc1ncsc1C.Cn1ccnn1.Cn1nccn1. The van der Waals surface area contributed by atoms with Crippen molar-refractivity contribution in [3.63, 3.8) is 0 Å². The lowest BCUT2D eigenvalue weighted by Crippen LogP contribution is -1.89. The summed E-state index contributed by atoms with van der Waals surface area (Å²) in [5.74, 6) is 0. The molecule has 83 heavy (non-hydrogen) atoms. The number of nitrogens with zero attached hydrogens (tertiary/aromatic N) is 18. The Kier molecular flexibility index (Phi) is 96.6. The van der Waals surface area contributed by atoms with Gasteiger partial charge in [-0.05, 0) is 116 Å². The van der Waals surface area contributed by atoms with Crippen LogP contribution in [0.25, 0.3) is 0 Å². The van der Waals surface area contributed by atoms with Crippen molar-refractivity contribution >= 4 is 11.3 Å². The molecule has 10 aromatic heterocycles. The fourth-order valence-electron chi connectivity index (χ4n) is 3.39. The fraction of sp³-hybridized carbons (Fsp3) is 0.475. The summed E-state index contributed by atoms with van der Waals surface area (Å²) in [4.78, 5) is 18.6. The minimum atomic E-state index is 0.926. The number of thiazole rings is 1. The Morgan fingerprint density at radius 1 is 0.386 bits per heavy atom. The summed E-state index contributed by atoms with van der Waals surface area (Å²) in [6, 6.07) is 17.5. The Bertz CT molecular complexity index is 2070. The number of H-pyrrole nitrogens is 3. The molecule has 0 aliphatic heterocycles. The first-order valence-electron chi connectivity index (χ1n) is 28.6. The van der Waals surface area contributed by atoms with E-state index in [4.69, 9.17) is 0 Å². The van der Waals surface area contributed by atoms with Gasteiger partial charge in [0, 0.05) is 68.0 Å². The van der Waals surface area contributed by atoms with E-state index in [0.717, 1.165) is 34.2 Å². The first-order valence-corrected chi connectivity index (χ1v) is 29.5. The number of aryl methyl sites for hydroxylation is 11. The van der Waals surface area contributed by atoms with E-state index < -0.39 is 0 Å². The van der Waals surface area contributed by atoms with E-state index in [1.54, 1.807) is 97.4 Å². The maximum atomic E-state index is 4.03. The summed E-state index contributed by atoms with van der Waals surface area (Å²) in [5.41, 5.74) is 10.3. The number of hydrogen-bond acceptors (Lipinski definition) is 17. The van der Waals surface area contributed by atoms with Crippen LogP contribution in [0.5, 0.6) is 0 Å². The first-order chi connectivity index (χ1) is 40.3. The molecule has 0 aromatic carbocycles. The second-order valence-corrected chi connectivity index (χ2v) is 13.9. The van der Waals surface area contributed by atoms with Crippen molar-refractivity contribution < 1.29 is 0 Å². The molecule has 0 radical (unpaired) electrons. The van der Waals surface area contributed by atoms with Crippen molar-refractivity contribution in [3.8, 4) is 0 Å². The molecule has 3 N–H and O–H groups in total. The zero-order valence-corrected chi connectivity index (χ0v) is 57.6. The molecule has 10 rings (SSSR count). The molecule has 0 aliphatic rings. The van der Waals surface area contributed by atoms with Gasteiger partial charge >= 0.3 is 0 Å². The zero-order chi connectivity index (χ0) is 65.8. The molecule has 21 nitrogen and oxygen atoms in total. The quantitative estimate of drug-likeness (QED) is 0.127. The fourth-order valence-corrected chi connectivity index (χ4v) is 3.98. The lowest BCUT2D eigenvalue weighted by Gasteiger charge is -1.82. The molecule has 0 spiro atoms. The highest BCUT2D eigenvalue weighted by Gasteiger charge is 1.89. The third-order valence-corrected chi connectivity index (χ3v) is 7.70. The second-order valence-electron chi connectivity index (χ2n) is 12.8. The Labute approximate surface area is 507 Å². The van der Waals surface area contributed by atoms with E-state index in [0.29, 0.717) is 0 Å². The van der Waals surface area contributed by atoms with Crippen LogP contribution in [0.4, 0.5) is 0 Å². The number of rotatable bonds is 0. The molecule has 468 valence electrons. The molecule has 0 aliphatic carbocycles. The van der Waals surface area contributed by atoms with Gasteiger partial charge in [0.1, 0.15) is 0 Å². The predicted molar refractivity (Wildman–Crippen MR) is 353 cm³/mol. The van der Waals surface area contributed by atoms with Crippen LogP contribution in [-0.4, -0.2) is 106 Å². The highest BCUT2D eigenvalue weighted by Crippen LogP contribution is 2.08. The van der Waals surface area contributed by atoms with Crippen molar-refractivity contribution in [2.24, 2.45) is 14.1 Å². The number of pyridine rings is 3. The molecule has 0 atom stereocenters. The lowest BCUT2D eigenvalue weighted by molar-refractivity contribution is 0.654. The van der Waals surface area contributed by atoms with Gasteiger partial charge in [0.25, 0.3) is 0 Å². The van der Waals surface area contributed by atoms with E-state index in [1.165, 1.54) is 20.8 Å². The van der Waals surface area contributed by atoms with Crippen LogP contribution in [0.2, 0.25) is 0 Å². The van der Waals surface area contributed by atoms with Crippen molar-refractivity contribution in [1.29, 1.82) is 0 Å². The van der Waals surface area contributed by atoms with Gasteiger partial charge < -0.3 is 0 Å². The van der Waals surface area contributed by atoms with Crippen LogP contribution >= 0.6 is 11.3 Å². The Hall–Kier alpha value is -8.14. The molecule has 0 saturated carbocycles. The van der Waals surface area contributed by atoms with Crippen molar-refractivity contribution in [2.45, 2.75) is 187 Å². The molecule has 10 heterocycles. The first kappa shape index (κ1) is 94.2. The van der Waals surface area contributed by atoms with Gasteiger partial charge in [-0.1, -0.05) is 142 Å². The lowest BCUT2D eigenvalue weighted by atomic mass is 10.3. The van der Waals surface area contributed by atoms with Gasteiger partial charge in [0.05, 0.1) is 71.2 Å². The van der Waals surface area contributed by atoms with Crippen molar-refractivity contribution in [1.82, 2.24) is 106 Å². The molecule has 0 saturated heterocycles. The van der Waals surface area contributed by atoms with Crippen molar-refractivity contribution in [2.75, 3.05) is 0 Å². The largest absolute Gasteiger partial charge is 0.265 e. The maximum absolute atomic E-state index is 4.03. The monoisotopic (exact) mass is 1170 g/mol. The standard InChI is InChI=1S/3C6H7N.C5H6N2.C5H7NS.5C3H5N3.9C2H6/c1-6-2-4-7-5-3-6;1-6-3-2-4-7-5-6;1-6-4-2-3-5-7-6;1-5-3-2-4-6-7-5;1-4-5(2)7-3-6-4;1-6-3-2-4-5-6;1-6-4-2-3-5-6;3*1-3-2-4-6-5-3;9*1-2/h3*2-5H,1H3;2-4H,1H3;3H,1-2H3;2*2-3H,1H3;3*2H,1H3,(H,4,5,6);9*1-2H3. The summed E-state index contributed by atoms with van der Waals surface area (Å²) in [5, 5.41) is 51.0. The van der Waals surface area contributed by atoms with Crippen LogP contribution in [0, 0.1) is 62.3 Å². The maximum Gasteiger partial charge on any atom is 0.0797 e. The molecular weight excluding hydrogens is 1060 g/mol. The van der Waals surface area contributed by atoms with E-state index in [-0.39, 0.29) is 0 Å². The van der Waals surface area contributed by atoms with Crippen LogP contribution in [-0.2, 0) is 14.1 Å². The summed E-state index contributed by atoms with van der Waals surface area (Å²) in [7, 11) is 3.60. The molecule has 22 heteroatoms. The molecule has 0 amide bonds. The second kappa shape index (κ2) is 85.1. The normalized spacial score (nSPS) is 7.58. The minimum absolute atomic E-state index is 0.926. The third kappa shape index (κ3) is 80.4. The molecule has 0 bridgehead atoms. The average Bonchev–Trinajstić information content (AvgIpc) is 4.46. The third-order valence-electron chi connectivity index (χ3n) is 6.84. The van der Waals surface area contributed by atoms with Gasteiger partial charge in [0.15, 0.2) is 0 Å². The molecule has 0 fully saturated rings. The average molecular weight is 1170 g/mol. The van der Waals surface area contributed by atoms with Crippen LogP contribution in [0.15, 0.2) is 141 Å². The van der Waals surface area contributed by atoms with Crippen molar-refractivity contribution in [3.05, 3.63) is 191 Å². The highest BCUT2D eigenvalue weighted by atomic mass is 32.1. The van der Waals surface area contributed by atoms with Gasteiger partial charge in [-0.25, -0.2) is 4.98 Å². The number of nitrogens with one attached hydrogen (secondary N) is 3. The summed E-state index contributed by atoms with van der Waals surface area (Å²) in [6.45, 7) is 53.7. The summed E-state index contributed by atoms with van der Waals surface area (Å²) >= 11 is 1.69. The number of aromatic amines is 3. The van der Waals surface area contributed by atoms with Gasteiger partial charge in [-0.15, -0.1) is 16.4 Å². The van der Waals surface area contributed by atoms with E-state index in [2.05, 4.69) is 104 Å². The summed E-state index contributed by atoms with van der Waals surface area (Å²) in [6.07, 6.45) is 22.3. The predicted octanol–water partition coefficient (Wildman–Crippen LogP) is 15.9. The van der Waals surface area contributed by atoms with Crippen LogP contribution in [0.3, 0.4) is 0 Å². The molecule has 0 unspecified atom stereocenters. The highest BCUT2D eigenvalue weighted by molar-refractivity contribution is 7.09. The van der Waals surface area contributed by atoms with Gasteiger partial charge in [-0.2, -0.15) is 71.4 Å². The molecule has 10 aromatic rings. The summed E-state index contributed by atoms with van der Waals surface area (Å²) < 4.78 is 1.64. The Balaban J connectivity index is -0.000000102. The smallest absolute Gasteiger partial charge is 0.0797 e. The van der Waals surface area contributed by atoms with Gasteiger partial charge in [0.2, 0.25) is 0 Å². The molecular formula is C61H113N21S. The van der Waals surface area contributed by atoms with E-state index in [1.807, 2.05) is 253 Å². The van der Waals surface area contributed by atoms with E-state index in [9.17, 15) is 0 Å². The van der Waals surface area contributed by atoms with Gasteiger partial charge in [-0.3, -0.25) is 19.6 Å². The Morgan fingerprint density at radius 2 is 0.843 bits per heavy atom. The van der Waals surface area contributed by atoms with E-state index >= 15 is 0 Å². The zero-order valence-electron chi connectivity index (χ0n) is 56.7. The van der Waals surface area contributed by atoms with Crippen LogP contribution < -0.4 is 0 Å².